The van der Waals surface area contributed by atoms with Gasteiger partial charge in [0.2, 0.25) is 0 Å². The van der Waals surface area contributed by atoms with Gasteiger partial charge < -0.3 is 4.74 Å². The zero-order valence-corrected chi connectivity index (χ0v) is 15.6. The van der Waals surface area contributed by atoms with Gasteiger partial charge >= 0.3 is 0 Å². The SMILES string of the molecule is CCC(C)CCCCCCCCCCOCC1CCCCC1. The molecule has 0 bridgehead atoms. The first-order valence-electron chi connectivity index (χ1n) is 10.4. The second-order valence-corrected chi connectivity index (χ2v) is 7.71. The standard InChI is InChI=1S/C21H42O/c1-3-20(2)15-11-8-6-4-5-7-9-14-18-22-19-21-16-12-10-13-17-21/h20-21H,3-19H2,1-2H3. The van der Waals surface area contributed by atoms with Crippen LogP contribution in [-0.2, 0) is 4.74 Å². The molecule has 1 heteroatoms. The van der Waals surface area contributed by atoms with Crippen molar-refractivity contribution in [1.29, 1.82) is 0 Å². The molecule has 0 heterocycles. The van der Waals surface area contributed by atoms with Crippen LogP contribution in [-0.4, -0.2) is 13.2 Å². The van der Waals surface area contributed by atoms with E-state index in [1.165, 1.54) is 96.3 Å². The predicted molar refractivity (Wildman–Crippen MR) is 98.4 cm³/mol. The molecule has 0 aliphatic heterocycles. The smallest absolute Gasteiger partial charge is 0.0494 e. The van der Waals surface area contributed by atoms with Gasteiger partial charge in [0.25, 0.3) is 0 Å². The molecule has 0 N–H and O–H groups in total. The summed E-state index contributed by atoms with van der Waals surface area (Å²) in [5.74, 6) is 1.82. The van der Waals surface area contributed by atoms with Gasteiger partial charge in [0.1, 0.15) is 0 Å². The van der Waals surface area contributed by atoms with Gasteiger partial charge in [-0.2, -0.15) is 0 Å². The van der Waals surface area contributed by atoms with Crippen LogP contribution in [0.3, 0.4) is 0 Å². The zero-order valence-electron chi connectivity index (χ0n) is 15.6. The molecule has 1 atom stereocenters. The minimum Gasteiger partial charge on any atom is -0.381 e. The molecular formula is C21H42O. The summed E-state index contributed by atoms with van der Waals surface area (Å²) in [5, 5.41) is 0. The van der Waals surface area contributed by atoms with Crippen LogP contribution < -0.4 is 0 Å². The third-order valence-electron chi connectivity index (χ3n) is 5.51. The summed E-state index contributed by atoms with van der Waals surface area (Å²) < 4.78 is 5.87. The van der Waals surface area contributed by atoms with E-state index in [0.29, 0.717) is 0 Å². The molecule has 0 saturated heterocycles. The number of rotatable bonds is 14. The fourth-order valence-corrected chi connectivity index (χ4v) is 3.57. The molecule has 0 spiro atoms. The fraction of sp³-hybridized carbons (Fsp3) is 1.00. The summed E-state index contributed by atoms with van der Waals surface area (Å²) in [7, 11) is 0. The summed E-state index contributed by atoms with van der Waals surface area (Å²) >= 11 is 0. The highest BCUT2D eigenvalue weighted by molar-refractivity contribution is 4.64. The van der Waals surface area contributed by atoms with Crippen molar-refractivity contribution < 1.29 is 4.74 Å². The highest BCUT2D eigenvalue weighted by Crippen LogP contribution is 2.23. The maximum Gasteiger partial charge on any atom is 0.0494 e. The van der Waals surface area contributed by atoms with Crippen LogP contribution in [0.1, 0.15) is 110 Å². The Morgan fingerprint density at radius 3 is 2.05 bits per heavy atom. The molecule has 1 fully saturated rings. The lowest BCUT2D eigenvalue weighted by Gasteiger charge is -2.21. The summed E-state index contributed by atoms with van der Waals surface area (Å²) in [6.07, 6.45) is 21.2. The lowest BCUT2D eigenvalue weighted by atomic mass is 9.90. The maximum atomic E-state index is 5.87. The molecule has 0 aromatic heterocycles. The third kappa shape index (κ3) is 11.5. The third-order valence-corrected chi connectivity index (χ3v) is 5.51. The Hall–Kier alpha value is -0.0400. The van der Waals surface area contributed by atoms with Gasteiger partial charge in [0.05, 0.1) is 0 Å². The van der Waals surface area contributed by atoms with Crippen molar-refractivity contribution in [3.63, 3.8) is 0 Å². The molecule has 0 aromatic carbocycles. The van der Waals surface area contributed by atoms with E-state index in [4.69, 9.17) is 4.74 Å². The molecule has 1 unspecified atom stereocenters. The molecule has 132 valence electrons. The average molecular weight is 311 g/mol. The Morgan fingerprint density at radius 2 is 1.41 bits per heavy atom. The highest BCUT2D eigenvalue weighted by atomic mass is 16.5. The molecule has 1 aliphatic carbocycles. The average Bonchev–Trinajstić information content (AvgIpc) is 2.56. The largest absolute Gasteiger partial charge is 0.381 e. The number of ether oxygens (including phenoxy) is 1. The first-order valence-corrected chi connectivity index (χ1v) is 10.4. The van der Waals surface area contributed by atoms with Gasteiger partial charge in [0.15, 0.2) is 0 Å². The lowest BCUT2D eigenvalue weighted by Crippen LogP contribution is -2.13. The van der Waals surface area contributed by atoms with Gasteiger partial charge in [-0.05, 0) is 31.1 Å². The number of unbranched alkanes of at least 4 members (excludes halogenated alkanes) is 7. The van der Waals surface area contributed by atoms with Gasteiger partial charge in [0, 0.05) is 13.2 Å². The van der Waals surface area contributed by atoms with Crippen LogP contribution >= 0.6 is 0 Å². The molecule has 0 radical (unpaired) electrons. The summed E-state index contributed by atoms with van der Waals surface area (Å²) in [6, 6.07) is 0. The van der Waals surface area contributed by atoms with E-state index in [0.717, 1.165) is 25.0 Å². The van der Waals surface area contributed by atoms with Crippen molar-refractivity contribution in [3.05, 3.63) is 0 Å². The topological polar surface area (TPSA) is 9.23 Å². The van der Waals surface area contributed by atoms with E-state index in [1.54, 1.807) is 0 Å². The molecule has 22 heavy (non-hydrogen) atoms. The molecule has 1 aliphatic rings. The molecule has 0 amide bonds. The quantitative estimate of drug-likeness (QED) is 0.310. The Morgan fingerprint density at radius 1 is 0.818 bits per heavy atom. The van der Waals surface area contributed by atoms with Crippen LogP contribution in [0, 0.1) is 11.8 Å². The minimum absolute atomic E-state index is 0.879. The molecule has 1 rings (SSSR count). The fourth-order valence-electron chi connectivity index (χ4n) is 3.57. The van der Waals surface area contributed by atoms with Gasteiger partial charge in [-0.15, -0.1) is 0 Å². The molecular weight excluding hydrogens is 268 g/mol. The maximum absolute atomic E-state index is 5.87. The normalized spacial score (nSPS) is 17.7. The van der Waals surface area contributed by atoms with E-state index in [9.17, 15) is 0 Å². The van der Waals surface area contributed by atoms with Crippen molar-refractivity contribution in [3.8, 4) is 0 Å². The van der Waals surface area contributed by atoms with E-state index in [2.05, 4.69) is 13.8 Å². The van der Waals surface area contributed by atoms with Crippen LogP contribution in [0.15, 0.2) is 0 Å². The van der Waals surface area contributed by atoms with Crippen LogP contribution in [0.2, 0.25) is 0 Å². The monoisotopic (exact) mass is 310 g/mol. The molecule has 0 aromatic rings. The first kappa shape index (κ1) is 20.0. The van der Waals surface area contributed by atoms with Crippen molar-refractivity contribution >= 4 is 0 Å². The highest BCUT2D eigenvalue weighted by Gasteiger charge is 2.12. The molecule has 1 saturated carbocycles. The van der Waals surface area contributed by atoms with Crippen molar-refractivity contribution in [2.45, 2.75) is 110 Å². The second kappa shape index (κ2) is 14.5. The summed E-state index contributed by atoms with van der Waals surface area (Å²) in [6.45, 7) is 6.74. The Labute approximate surface area is 140 Å². The van der Waals surface area contributed by atoms with Crippen molar-refractivity contribution in [1.82, 2.24) is 0 Å². The van der Waals surface area contributed by atoms with Gasteiger partial charge in [-0.3, -0.25) is 0 Å². The van der Waals surface area contributed by atoms with Crippen molar-refractivity contribution in [2.75, 3.05) is 13.2 Å². The first-order chi connectivity index (χ1) is 10.8. The number of hydrogen-bond donors (Lipinski definition) is 0. The Balaban J connectivity index is 1.71. The van der Waals surface area contributed by atoms with E-state index < -0.39 is 0 Å². The van der Waals surface area contributed by atoms with Crippen LogP contribution in [0.4, 0.5) is 0 Å². The van der Waals surface area contributed by atoms with Crippen LogP contribution in [0.25, 0.3) is 0 Å². The van der Waals surface area contributed by atoms with Gasteiger partial charge in [-0.25, -0.2) is 0 Å². The summed E-state index contributed by atoms with van der Waals surface area (Å²) in [4.78, 5) is 0. The van der Waals surface area contributed by atoms with E-state index >= 15 is 0 Å². The predicted octanol–water partition coefficient (Wildman–Crippen LogP) is 7.14. The van der Waals surface area contributed by atoms with E-state index in [1.807, 2.05) is 0 Å². The zero-order chi connectivity index (χ0) is 15.9. The Bertz CT molecular complexity index is 220. The number of hydrogen-bond acceptors (Lipinski definition) is 1. The summed E-state index contributed by atoms with van der Waals surface area (Å²) in [5.41, 5.74) is 0. The Kier molecular flexibility index (Phi) is 13.2. The van der Waals surface area contributed by atoms with Gasteiger partial charge in [-0.1, -0.05) is 90.9 Å². The van der Waals surface area contributed by atoms with E-state index in [-0.39, 0.29) is 0 Å². The second-order valence-electron chi connectivity index (χ2n) is 7.71. The minimum atomic E-state index is 0.879. The lowest BCUT2D eigenvalue weighted by molar-refractivity contribution is 0.0824. The molecule has 1 nitrogen and oxygen atoms in total. The van der Waals surface area contributed by atoms with Crippen molar-refractivity contribution in [2.24, 2.45) is 11.8 Å². The van der Waals surface area contributed by atoms with Crippen LogP contribution in [0.5, 0.6) is 0 Å².